The Morgan fingerprint density at radius 2 is 1.33 bits per heavy atom. The van der Waals surface area contributed by atoms with Gasteiger partial charge >= 0.3 is 0 Å². The average molecular weight is 503 g/mol. The van der Waals surface area contributed by atoms with Gasteiger partial charge in [-0.1, -0.05) is 34.6 Å². The van der Waals surface area contributed by atoms with Crippen LogP contribution in [-0.2, 0) is 9.53 Å². The molecule has 0 radical (unpaired) electrons. The van der Waals surface area contributed by atoms with Crippen LogP contribution in [0.3, 0.4) is 0 Å². The Kier molecular flexibility index (Phi) is 5.97. The highest BCUT2D eigenvalue weighted by atomic mass is 16.5. The second-order valence-corrected chi connectivity index (χ2v) is 16.0. The normalized spacial score (nSPS) is 55.8. The molecule has 11 atom stereocenters. The molecule has 1 heterocycles. The first-order valence-electron chi connectivity index (χ1n) is 15.0. The Morgan fingerprint density at radius 1 is 0.722 bits per heavy atom. The minimum absolute atomic E-state index is 0.0770. The van der Waals surface area contributed by atoms with E-state index >= 15 is 0 Å². The molecule has 1 aliphatic heterocycles. The van der Waals surface area contributed by atoms with E-state index in [0.717, 1.165) is 49.4 Å². The lowest BCUT2D eigenvalue weighted by Crippen LogP contribution is -2.62. The number of ether oxygens (including phenoxy) is 1. The highest BCUT2D eigenvalue weighted by Gasteiger charge is 2.77. The van der Waals surface area contributed by atoms with Crippen LogP contribution >= 0.6 is 0 Å². The fraction of sp³-hybridized carbons (Fsp3) is 0.969. The van der Waals surface area contributed by atoms with Crippen LogP contribution in [-0.4, -0.2) is 33.5 Å². The molecule has 0 aromatic heterocycles. The lowest BCUT2D eigenvalue weighted by molar-refractivity contribution is -0.247. The molecule has 4 heteroatoms. The summed E-state index contributed by atoms with van der Waals surface area (Å²) in [5.74, 6) is 4.45. The van der Waals surface area contributed by atoms with Gasteiger partial charge in [-0.3, -0.25) is 4.79 Å². The van der Waals surface area contributed by atoms with Gasteiger partial charge in [0, 0.05) is 6.92 Å². The van der Waals surface area contributed by atoms with Gasteiger partial charge in [0.05, 0.1) is 17.3 Å². The minimum Gasteiger partial charge on any atom is -0.481 e. The van der Waals surface area contributed by atoms with Crippen LogP contribution in [0.5, 0.6) is 0 Å². The van der Waals surface area contributed by atoms with E-state index in [9.17, 15) is 5.11 Å². The topological polar surface area (TPSA) is 66.8 Å². The van der Waals surface area contributed by atoms with Crippen LogP contribution in [0.25, 0.3) is 0 Å². The number of rotatable bonds is 1. The van der Waals surface area contributed by atoms with Crippen LogP contribution in [0.2, 0.25) is 0 Å². The van der Waals surface area contributed by atoms with Crippen molar-refractivity contribution in [2.24, 2.45) is 57.2 Å². The summed E-state index contributed by atoms with van der Waals surface area (Å²) in [7, 11) is 0. The fourth-order valence-electron chi connectivity index (χ4n) is 12.2. The van der Waals surface area contributed by atoms with E-state index in [1.165, 1.54) is 44.9 Å². The van der Waals surface area contributed by atoms with E-state index in [-0.39, 0.29) is 11.7 Å². The van der Waals surface area contributed by atoms with Crippen molar-refractivity contribution < 1.29 is 19.7 Å². The molecule has 0 amide bonds. The van der Waals surface area contributed by atoms with Crippen molar-refractivity contribution in [3.05, 3.63) is 0 Å². The maximum Gasteiger partial charge on any atom is 0.300 e. The van der Waals surface area contributed by atoms with Crippen LogP contribution in [0, 0.1) is 57.2 Å². The molecule has 11 unspecified atom stereocenters. The first-order chi connectivity index (χ1) is 16.4. The number of hydrogen-bond donors (Lipinski definition) is 2. The summed E-state index contributed by atoms with van der Waals surface area (Å²) in [4.78, 5) is 9.00. The Labute approximate surface area is 220 Å². The molecule has 5 saturated carbocycles. The van der Waals surface area contributed by atoms with Gasteiger partial charge in [0.2, 0.25) is 0 Å². The van der Waals surface area contributed by atoms with Gasteiger partial charge in [-0.2, -0.15) is 0 Å². The zero-order valence-corrected chi connectivity index (χ0v) is 24.6. The third-order valence-corrected chi connectivity index (χ3v) is 14.0. The van der Waals surface area contributed by atoms with Gasteiger partial charge < -0.3 is 14.9 Å². The van der Waals surface area contributed by atoms with Crippen molar-refractivity contribution in [2.45, 2.75) is 137 Å². The first kappa shape index (κ1) is 27.0. The monoisotopic (exact) mass is 502 g/mol. The predicted molar refractivity (Wildman–Crippen MR) is 143 cm³/mol. The molecular formula is C32H54O4. The predicted octanol–water partition coefficient (Wildman–Crippen LogP) is 7.33. The van der Waals surface area contributed by atoms with Gasteiger partial charge in [0.1, 0.15) is 0 Å². The van der Waals surface area contributed by atoms with Gasteiger partial charge in [-0.25, -0.2) is 0 Å². The summed E-state index contributed by atoms with van der Waals surface area (Å²) in [6.07, 6.45) is 11.6. The molecule has 36 heavy (non-hydrogen) atoms. The SMILES string of the molecule is CC(=O)O.CC1(C)OC(C)(C2CCC3(C)C2CCC2C4(C)C5CC5C(C)(C)C4CCC23C)CCC1O. The molecule has 6 fully saturated rings. The highest BCUT2D eigenvalue weighted by molar-refractivity contribution is 5.62. The smallest absolute Gasteiger partial charge is 0.300 e. The molecule has 1 saturated heterocycles. The summed E-state index contributed by atoms with van der Waals surface area (Å²) in [6, 6.07) is 0. The molecule has 2 N–H and O–H groups in total. The maximum absolute atomic E-state index is 10.6. The molecule has 0 bridgehead atoms. The number of fused-ring (bicyclic) bond motifs is 7. The van der Waals surface area contributed by atoms with Crippen molar-refractivity contribution in [1.29, 1.82) is 0 Å². The van der Waals surface area contributed by atoms with Crippen LogP contribution in [0.1, 0.15) is 120 Å². The van der Waals surface area contributed by atoms with Gasteiger partial charge in [0.25, 0.3) is 5.97 Å². The summed E-state index contributed by atoms with van der Waals surface area (Å²) in [6.45, 7) is 21.1. The number of hydrogen-bond acceptors (Lipinski definition) is 3. The Morgan fingerprint density at radius 3 is 1.94 bits per heavy atom. The van der Waals surface area contributed by atoms with Gasteiger partial charge in [0.15, 0.2) is 0 Å². The Balaban J connectivity index is 0.000000623. The average Bonchev–Trinajstić information content (AvgIpc) is 3.45. The molecule has 0 aromatic carbocycles. The molecular weight excluding hydrogens is 448 g/mol. The van der Waals surface area contributed by atoms with E-state index < -0.39 is 11.6 Å². The quantitative estimate of drug-likeness (QED) is 0.394. The van der Waals surface area contributed by atoms with Crippen LogP contribution < -0.4 is 0 Å². The number of carboxylic acids is 1. The molecule has 5 aliphatic carbocycles. The first-order valence-corrected chi connectivity index (χ1v) is 15.0. The number of aliphatic hydroxyl groups excluding tert-OH is 1. The van der Waals surface area contributed by atoms with Crippen molar-refractivity contribution in [3.8, 4) is 0 Å². The van der Waals surface area contributed by atoms with Gasteiger partial charge in [-0.15, -0.1) is 0 Å². The summed E-state index contributed by atoms with van der Waals surface area (Å²) < 4.78 is 6.81. The van der Waals surface area contributed by atoms with E-state index in [1.54, 1.807) is 0 Å². The van der Waals surface area contributed by atoms with Crippen LogP contribution in [0.4, 0.5) is 0 Å². The van der Waals surface area contributed by atoms with Crippen molar-refractivity contribution >= 4 is 5.97 Å². The van der Waals surface area contributed by atoms with Crippen LogP contribution in [0.15, 0.2) is 0 Å². The lowest BCUT2D eigenvalue weighted by Gasteiger charge is -2.67. The Hall–Kier alpha value is -0.610. The fourth-order valence-corrected chi connectivity index (χ4v) is 12.2. The zero-order valence-electron chi connectivity index (χ0n) is 24.6. The minimum atomic E-state index is -0.833. The van der Waals surface area contributed by atoms with E-state index in [0.29, 0.717) is 27.6 Å². The zero-order chi connectivity index (χ0) is 26.7. The highest BCUT2D eigenvalue weighted by Crippen LogP contribution is 2.83. The molecule has 0 aromatic rings. The number of carboxylic acid groups (broad SMARTS) is 1. The number of aliphatic carboxylic acids is 1. The molecule has 6 rings (SSSR count). The molecule has 6 aliphatic rings. The summed E-state index contributed by atoms with van der Waals surface area (Å²) >= 11 is 0. The molecule has 0 spiro atoms. The van der Waals surface area contributed by atoms with Crippen molar-refractivity contribution in [1.82, 2.24) is 0 Å². The van der Waals surface area contributed by atoms with Crippen molar-refractivity contribution in [2.75, 3.05) is 0 Å². The van der Waals surface area contributed by atoms with Crippen molar-refractivity contribution in [3.63, 3.8) is 0 Å². The summed E-state index contributed by atoms with van der Waals surface area (Å²) in [5, 5.41) is 18.0. The Bertz CT molecular complexity index is 906. The largest absolute Gasteiger partial charge is 0.481 e. The molecule has 4 nitrogen and oxygen atoms in total. The van der Waals surface area contributed by atoms with E-state index in [1.807, 2.05) is 0 Å². The van der Waals surface area contributed by atoms with Gasteiger partial charge in [-0.05, 0) is 136 Å². The third-order valence-electron chi connectivity index (χ3n) is 14.0. The maximum atomic E-state index is 10.6. The number of aliphatic hydroxyl groups is 1. The number of carbonyl (C=O) groups is 1. The van der Waals surface area contributed by atoms with E-state index in [4.69, 9.17) is 14.6 Å². The third kappa shape index (κ3) is 3.41. The summed E-state index contributed by atoms with van der Waals surface area (Å²) in [5.41, 5.74) is 1.56. The second-order valence-electron chi connectivity index (χ2n) is 16.0. The standard InChI is InChI=1S/C30H50O2.C2H4O2/c1-25(2)20-17-21(20)30(8)22(25)12-15-28(6)23(30)10-9-18-19(11-14-27(18,28)5)29(7)16-13-24(31)26(3,4)32-29;1-2(3)4/h18-24,31H,9-17H2,1-8H3;1H3,(H,3,4). The van der Waals surface area contributed by atoms with E-state index in [2.05, 4.69) is 55.4 Å². The lowest BCUT2D eigenvalue weighted by atomic mass is 9.38. The second kappa shape index (κ2) is 7.96. The molecule has 206 valence electrons.